The maximum Gasteiger partial charge on any atom is 0.0814 e. The molecule has 44 valence electrons. The lowest BCUT2D eigenvalue weighted by Gasteiger charge is -2.12. The van der Waals surface area contributed by atoms with E-state index in [1.54, 1.807) is 0 Å². The first-order valence-corrected chi connectivity index (χ1v) is 3.75. The van der Waals surface area contributed by atoms with Gasteiger partial charge in [0.05, 0.1) is 8.41 Å². The van der Waals surface area contributed by atoms with Gasteiger partial charge in [-0.3, -0.25) is 0 Å². The van der Waals surface area contributed by atoms with E-state index >= 15 is 0 Å². The largest absolute Gasteiger partial charge is 0.120 e. The molecule has 0 aromatic carbocycles. The first-order valence-electron chi connectivity index (χ1n) is 2.25. The van der Waals surface area contributed by atoms with E-state index in [1.807, 2.05) is 0 Å². The number of rotatable bonds is 0. The highest BCUT2D eigenvalue weighted by Crippen LogP contribution is 2.25. The molecule has 1 atom stereocenters. The first kappa shape index (κ1) is 10.5. The standard InChI is InChI=1S/C5H13P.BH3/c1-5(2,3)6-4;/h6H,1-4H3;1H3. The zero-order valence-corrected chi connectivity index (χ0v) is 6.00. The van der Waals surface area contributed by atoms with Gasteiger partial charge in [0.25, 0.3) is 0 Å². The molecule has 0 saturated carbocycles. The lowest BCUT2D eigenvalue weighted by Crippen LogP contribution is -2.02. The summed E-state index contributed by atoms with van der Waals surface area (Å²) in [6.07, 6.45) is 0. The summed E-state index contributed by atoms with van der Waals surface area (Å²) in [5.41, 5.74) is 0. The van der Waals surface area contributed by atoms with E-state index in [4.69, 9.17) is 0 Å². The van der Waals surface area contributed by atoms with Crippen LogP contribution in [-0.2, 0) is 0 Å². The third-order valence-electron chi connectivity index (χ3n) is 0.750. The quantitative estimate of drug-likeness (QED) is 0.327. The van der Waals surface area contributed by atoms with Crippen molar-refractivity contribution in [2.45, 2.75) is 25.9 Å². The Hall–Kier alpha value is 0.495. The average Bonchev–Trinajstić information content (AvgIpc) is 1.35. The number of hydrogen-bond donors (Lipinski definition) is 0. The van der Waals surface area contributed by atoms with Crippen molar-refractivity contribution >= 4 is 17.0 Å². The van der Waals surface area contributed by atoms with E-state index in [0.717, 1.165) is 8.58 Å². The van der Waals surface area contributed by atoms with E-state index in [9.17, 15) is 0 Å². The fourth-order valence-electron chi connectivity index (χ4n) is 0. The van der Waals surface area contributed by atoms with E-state index in [-0.39, 0.29) is 8.41 Å². The molecule has 2 heteroatoms. The van der Waals surface area contributed by atoms with Gasteiger partial charge in [0.2, 0.25) is 0 Å². The Labute approximate surface area is 50.4 Å². The second kappa shape index (κ2) is 3.49. The highest BCUT2D eigenvalue weighted by atomic mass is 31.1. The van der Waals surface area contributed by atoms with Crippen molar-refractivity contribution in [3.63, 3.8) is 0 Å². The van der Waals surface area contributed by atoms with Gasteiger partial charge in [0.1, 0.15) is 0 Å². The summed E-state index contributed by atoms with van der Waals surface area (Å²) in [5.74, 6) is 0. The summed E-state index contributed by atoms with van der Waals surface area (Å²) >= 11 is 0. The van der Waals surface area contributed by atoms with Gasteiger partial charge in [-0.05, 0) is 11.8 Å². The smallest absolute Gasteiger partial charge is 0.0814 e. The molecule has 1 unspecified atom stereocenters. The molecule has 0 N–H and O–H groups in total. The summed E-state index contributed by atoms with van der Waals surface area (Å²) < 4.78 is 0. The maximum absolute atomic E-state index is 2.26. The fraction of sp³-hybridized carbons (Fsp3) is 1.00. The third-order valence-corrected chi connectivity index (χ3v) is 2.25. The number of hydrogen-bond acceptors (Lipinski definition) is 0. The minimum Gasteiger partial charge on any atom is -0.120 e. The molecule has 7 heavy (non-hydrogen) atoms. The molecule has 0 heterocycles. The Bertz CT molecular complexity index is 37.8. The van der Waals surface area contributed by atoms with Crippen LogP contribution in [0.1, 0.15) is 20.8 Å². The molecule has 0 aliphatic rings. The molecule has 0 spiro atoms. The zero-order chi connectivity index (χ0) is 5.21. The fourth-order valence-corrected chi connectivity index (χ4v) is 0. The van der Waals surface area contributed by atoms with E-state index < -0.39 is 0 Å². The third kappa shape index (κ3) is 10.7. The van der Waals surface area contributed by atoms with E-state index in [1.165, 1.54) is 0 Å². The van der Waals surface area contributed by atoms with Gasteiger partial charge >= 0.3 is 0 Å². The predicted octanol–water partition coefficient (Wildman–Crippen LogP) is 0.909. The van der Waals surface area contributed by atoms with Crippen LogP contribution in [0.25, 0.3) is 0 Å². The minimum atomic E-state index is 0. The van der Waals surface area contributed by atoms with Crippen molar-refractivity contribution in [3.8, 4) is 0 Å². The van der Waals surface area contributed by atoms with Crippen LogP contribution < -0.4 is 0 Å². The van der Waals surface area contributed by atoms with Gasteiger partial charge in [-0.15, -0.1) is 8.58 Å². The molecule has 0 rings (SSSR count). The molecule has 0 aromatic rings. The predicted molar refractivity (Wildman–Crippen MR) is 43.9 cm³/mol. The van der Waals surface area contributed by atoms with Crippen LogP contribution >= 0.6 is 8.58 Å². The highest BCUT2D eigenvalue weighted by Gasteiger charge is 2.03. The van der Waals surface area contributed by atoms with Crippen LogP contribution in [0.4, 0.5) is 0 Å². The van der Waals surface area contributed by atoms with Gasteiger partial charge in [-0.2, -0.15) is 0 Å². The van der Waals surface area contributed by atoms with Crippen molar-refractivity contribution in [2.75, 3.05) is 6.66 Å². The normalized spacial score (nSPS) is 12.0. The summed E-state index contributed by atoms with van der Waals surface area (Å²) in [6, 6.07) is 0. The monoisotopic (exact) mass is 118 g/mol. The van der Waals surface area contributed by atoms with Gasteiger partial charge < -0.3 is 0 Å². The molecule has 0 radical (unpaired) electrons. The molecule has 0 aromatic heterocycles. The molecule has 0 bridgehead atoms. The van der Waals surface area contributed by atoms with Crippen LogP contribution in [0.3, 0.4) is 0 Å². The SMILES string of the molecule is B.CPC(C)(C)C. The molecular weight excluding hydrogens is 102 g/mol. The van der Waals surface area contributed by atoms with Crippen molar-refractivity contribution in [2.24, 2.45) is 0 Å². The second-order valence-electron chi connectivity index (χ2n) is 2.50. The molecule has 0 aliphatic heterocycles. The lowest BCUT2D eigenvalue weighted by atomic mass is 10.3. The van der Waals surface area contributed by atoms with Crippen LogP contribution in [0.15, 0.2) is 0 Å². The van der Waals surface area contributed by atoms with Gasteiger partial charge in [-0.1, -0.05) is 20.8 Å². The van der Waals surface area contributed by atoms with Crippen LogP contribution in [-0.4, -0.2) is 20.2 Å². The lowest BCUT2D eigenvalue weighted by molar-refractivity contribution is 0.797. The molecule has 0 saturated heterocycles. The maximum atomic E-state index is 2.26. The van der Waals surface area contributed by atoms with E-state index in [2.05, 4.69) is 27.4 Å². The molecule has 0 nitrogen and oxygen atoms in total. The first-order chi connectivity index (χ1) is 2.56. The van der Waals surface area contributed by atoms with Crippen molar-refractivity contribution in [1.29, 1.82) is 0 Å². The minimum absolute atomic E-state index is 0. The molecular formula is C5H16BP. The average molecular weight is 118 g/mol. The second-order valence-corrected chi connectivity index (χ2v) is 4.50. The Kier molecular flexibility index (Phi) is 5.22. The Balaban J connectivity index is 0. The summed E-state index contributed by atoms with van der Waals surface area (Å²) in [4.78, 5) is 0. The molecule has 0 amide bonds. The summed E-state index contributed by atoms with van der Waals surface area (Å²) in [5, 5.41) is 0.569. The summed E-state index contributed by atoms with van der Waals surface area (Å²) in [7, 11) is 1.07. The van der Waals surface area contributed by atoms with E-state index in [0.29, 0.717) is 5.16 Å². The van der Waals surface area contributed by atoms with Crippen LogP contribution in [0.2, 0.25) is 0 Å². The van der Waals surface area contributed by atoms with Gasteiger partial charge in [0, 0.05) is 0 Å². The Morgan fingerprint density at radius 3 is 1.29 bits per heavy atom. The molecule has 0 aliphatic carbocycles. The Morgan fingerprint density at radius 1 is 1.14 bits per heavy atom. The van der Waals surface area contributed by atoms with Gasteiger partial charge in [-0.25, -0.2) is 0 Å². The van der Waals surface area contributed by atoms with Gasteiger partial charge in [0.15, 0.2) is 0 Å². The molecule has 0 fully saturated rings. The topological polar surface area (TPSA) is 0 Å². The Morgan fingerprint density at radius 2 is 1.29 bits per heavy atom. The summed E-state index contributed by atoms with van der Waals surface area (Å²) in [6.45, 7) is 9.00. The van der Waals surface area contributed by atoms with Crippen LogP contribution in [0.5, 0.6) is 0 Å². The van der Waals surface area contributed by atoms with Crippen molar-refractivity contribution in [1.82, 2.24) is 0 Å². The highest BCUT2D eigenvalue weighted by molar-refractivity contribution is 7.38. The zero-order valence-electron chi connectivity index (χ0n) is 5.00. The van der Waals surface area contributed by atoms with Crippen molar-refractivity contribution in [3.05, 3.63) is 0 Å². The van der Waals surface area contributed by atoms with Crippen molar-refractivity contribution < 1.29 is 0 Å². The van der Waals surface area contributed by atoms with Crippen LogP contribution in [0, 0.1) is 0 Å².